The Kier molecular flexibility index (Phi) is 12.4. The molecule has 12 nitrogen and oxygen atoms in total. The van der Waals surface area contributed by atoms with E-state index in [0.29, 0.717) is 12.2 Å². The van der Waals surface area contributed by atoms with E-state index in [-0.39, 0.29) is 47.8 Å². The average Bonchev–Trinajstić information content (AvgIpc) is 3.60. The Bertz CT molecular complexity index is 2550. The number of aliphatic hydroxyl groups excluding tert-OH is 1. The van der Waals surface area contributed by atoms with Crippen LogP contribution >= 0.6 is 0 Å². The van der Waals surface area contributed by atoms with Crippen LogP contribution in [0.25, 0.3) is 11.0 Å². The number of likely N-dealkylation sites (tertiary alicyclic amines) is 1. The first kappa shape index (κ1) is 41.3. The van der Waals surface area contributed by atoms with Gasteiger partial charge in [0.1, 0.15) is 6.04 Å². The fourth-order valence-corrected chi connectivity index (χ4v) is 9.54. The van der Waals surface area contributed by atoms with Crippen molar-refractivity contribution in [1.82, 2.24) is 19.2 Å². The number of para-hydroxylation sites is 2. The minimum absolute atomic E-state index is 0.0148. The number of nitrogens with one attached hydrogen (secondary N) is 3. The fourth-order valence-electron chi connectivity index (χ4n) is 8.34. The Morgan fingerprint density at radius 2 is 1.50 bits per heavy atom. The van der Waals surface area contributed by atoms with Crippen molar-refractivity contribution in [1.29, 1.82) is 0 Å². The van der Waals surface area contributed by atoms with Gasteiger partial charge in [0, 0.05) is 42.8 Å². The van der Waals surface area contributed by atoms with Gasteiger partial charge in [-0.05, 0) is 79.3 Å². The van der Waals surface area contributed by atoms with E-state index in [0.717, 1.165) is 64.8 Å². The van der Waals surface area contributed by atoms with Crippen molar-refractivity contribution < 1.29 is 27.8 Å². The summed E-state index contributed by atoms with van der Waals surface area (Å²) in [5.41, 5.74) is 6.50. The number of carbonyl (C=O) groups is 1. The van der Waals surface area contributed by atoms with Crippen molar-refractivity contribution >= 4 is 32.7 Å². The molecular weight excluding hydrogens is 779 g/mol. The largest absolute Gasteiger partial charge is 0.392 e. The fraction of sp³-hybridized carbons (Fsp3) is 0.319. The highest BCUT2D eigenvalue weighted by Crippen LogP contribution is 2.42. The van der Waals surface area contributed by atoms with Gasteiger partial charge in [-0.1, -0.05) is 103 Å². The lowest BCUT2D eigenvalue weighted by atomic mass is 9.89. The lowest BCUT2D eigenvalue weighted by Crippen LogP contribution is -2.47. The van der Waals surface area contributed by atoms with Crippen LogP contribution in [0.3, 0.4) is 0 Å². The first-order valence-electron chi connectivity index (χ1n) is 20.5. The Labute approximate surface area is 350 Å². The van der Waals surface area contributed by atoms with E-state index in [1.165, 1.54) is 12.1 Å². The van der Waals surface area contributed by atoms with Crippen molar-refractivity contribution in [3.63, 3.8) is 0 Å². The van der Waals surface area contributed by atoms with Gasteiger partial charge in [0.05, 0.1) is 34.7 Å². The maximum Gasteiger partial charge on any atom is 0.326 e. The van der Waals surface area contributed by atoms with E-state index in [1.54, 1.807) is 24.3 Å². The van der Waals surface area contributed by atoms with E-state index < -0.39 is 28.3 Å². The summed E-state index contributed by atoms with van der Waals surface area (Å²) in [5.74, 6) is -0.509. The second kappa shape index (κ2) is 18.1. The molecular formula is C47H51N5O7S. The van der Waals surface area contributed by atoms with Gasteiger partial charge in [0.15, 0.2) is 6.29 Å². The van der Waals surface area contributed by atoms with Crippen molar-refractivity contribution in [3.05, 3.63) is 166 Å². The summed E-state index contributed by atoms with van der Waals surface area (Å²) in [5, 5.41) is 12.6. The molecule has 0 bridgehead atoms. The van der Waals surface area contributed by atoms with Gasteiger partial charge in [0.25, 0.3) is 0 Å². The number of ether oxygens (including phenoxy) is 2. The molecule has 1 amide bonds. The molecule has 0 saturated carbocycles. The number of rotatable bonds is 13. The summed E-state index contributed by atoms with van der Waals surface area (Å²) in [4.78, 5) is 32.2. The third-order valence-electron chi connectivity index (χ3n) is 11.8. The third kappa shape index (κ3) is 9.31. The maximum absolute atomic E-state index is 13.8. The average molecular weight is 830 g/mol. The van der Waals surface area contributed by atoms with Crippen LogP contribution in [-0.4, -0.2) is 65.7 Å². The van der Waals surface area contributed by atoms with Crippen LogP contribution in [0.1, 0.15) is 66.0 Å². The van der Waals surface area contributed by atoms with Gasteiger partial charge < -0.3 is 29.8 Å². The number of piperidine rings is 1. The van der Waals surface area contributed by atoms with Gasteiger partial charge in [-0.2, -0.15) is 4.72 Å². The number of aromatic amines is 1. The molecule has 0 radical (unpaired) electrons. The number of hydrogen-bond donors (Lipinski definition) is 4. The number of aliphatic hydroxyl groups is 1. The summed E-state index contributed by atoms with van der Waals surface area (Å²) in [6, 6.07) is 37.7. The predicted octanol–water partition coefficient (Wildman–Crippen LogP) is 6.79. The first-order chi connectivity index (χ1) is 29.0. The lowest BCUT2D eigenvalue weighted by molar-refractivity contribution is -0.276. The van der Waals surface area contributed by atoms with Crippen LogP contribution in [-0.2, 0) is 37.3 Å². The van der Waals surface area contributed by atoms with Crippen molar-refractivity contribution in [2.45, 2.75) is 75.2 Å². The van der Waals surface area contributed by atoms with Gasteiger partial charge in [-0.3, -0.25) is 9.36 Å². The van der Waals surface area contributed by atoms with Crippen LogP contribution in [0.4, 0.5) is 5.69 Å². The number of fused-ring (bicyclic) bond motifs is 1. The van der Waals surface area contributed by atoms with Crippen LogP contribution in [0.5, 0.6) is 0 Å². The normalized spacial score (nSPS) is 20.9. The molecule has 0 unspecified atom stereocenters. The zero-order valence-corrected chi connectivity index (χ0v) is 34.6. The van der Waals surface area contributed by atoms with E-state index >= 15 is 0 Å². The number of carbonyl (C=O) groups excluding carboxylic acids is 1. The van der Waals surface area contributed by atoms with Crippen LogP contribution < -0.4 is 15.7 Å². The molecule has 6 aromatic rings. The zero-order chi connectivity index (χ0) is 41.8. The molecule has 2 fully saturated rings. The molecule has 0 spiro atoms. The molecule has 1 aromatic heterocycles. The Morgan fingerprint density at radius 1 is 0.833 bits per heavy atom. The van der Waals surface area contributed by atoms with Crippen molar-refractivity contribution in [2.24, 2.45) is 5.92 Å². The zero-order valence-electron chi connectivity index (χ0n) is 33.7. The molecule has 0 aliphatic carbocycles. The van der Waals surface area contributed by atoms with E-state index in [9.17, 15) is 23.1 Å². The number of anilines is 1. The predicted molar refractivity (Wildman–Crippen MR) is 231 cm³/mol. The second-order valence-electron chi connectivity index (χ2n) is 16.0. The standard InChI is InChI=1S/C47H51N5O7S/c1-31-12-22-39(23-13-31)60(56,57)50-41(28-33-8-4-3-5-9-33)45(54)48-37-20-18-36(19-21-37)46-58-43(32(2)44(59-46)35-16-14-34(30-53)15-17-35)29-51-26-24-38(25-27-51)52-42-11-7-6-10-40(42)49-47(52)55/h3-23,32,38,41,43-44,46,50,53H,24-30H2,1-2H3,(H,48,54)(H,49,55)/t32-,41-,43+,44+,46+/m1/s1. The van der Waals surface area contributed by atoms with Crippen molar-refractivity contribution in [2.75, 3.05) is 25.0 Å². The molecule has 5 atom stereocenters. The number of aryl methyl sites for hydroxylation is 1. The number of imidazole rings is 1. The van der Waals surface area contributed by atoms with E-state index in [4.69, 9.17) is 9.47 Å². The lowest BCUT2D eigenvalue weighted by Gasteiger charge is -2.44. The highest BCUT2D eigenvalue weighted by atomic mass is 32.2. The number of sulfonamides is 1. The summed E-state index contributed by atoms with van der Waals surface area (Å²) in [7, 11) is -4.01. The molecule has 312 valence electrons. The first-order valence-corrected chi connectivity index (χ1v) is 22.0. The maximum atomic E-state index is 13.8. The molecule has 13 heteroatoms. The molecule has 2 saturated heterocycles. The smallest absolute Gasteiger partial charge is 0.326 e. The van der Waals surface area contributed by atoms with Crippen LogP contribution in [0.2, 0.25) is 0 Å². The molecule has 8 rings (SSSR count). The highest BCUT2D eigenvalue weighted by molar-refractivity contribution is 7.89. The minimum atomic E-state index is -4.01. The number of hydrogen-bond acceptors (Lipinski definition) is 8. The van der Waals surface area contributed by atoms with Crippen molar-refractivity contribution in [3.8, 4) is 0 Å². The Hall–Kier alpha value is -5.41. The Morgan fingerprint density at radius 3 is 2.20 bits per heavy atom. The molecule has 5 aromatic carbocycles. The number of benzene rings is 5. The summed E-state index contributed by atoms with van der Waals surface area (Å²) >= 11 is 0. The van der Waals surface area contributed by atoms with E-state index in [1.807, 2.05) is 102 Å². The highest BCUT2D eigenvalue weighted by Gasteiger charge is 2.40. The van der Waals surface area contributed by atoms with Gasteiger partial charge in [0.2, 0.25) is 15.9 Å². The molecule has 2 aliphatic rings. The second-order valence-corrected chi connectivity index (χ2v) is 17.7. The van der Waals surface area contributed by atoms with Gasteiger partial charge in [-0.15, -0.1) is 0 Å². The number of nitrogens with zero attached hydrogens (tertiary/aromatic N) is 2. The third-order valence-corrected chi connectivity index (χ3v) is 13.3. The quantitative estimate of drug-likeness (QED) is 0.0993. The van der Waals surface area contributed by atoms with Gasteiger partial charge in [-0.25, -0.2) is 13.2 Å². The minimum Gasteiger partial charge on any atom is -0.392 e. The van der Waals surface area contributed by atoms with Crippen LogP contribution in [0.15, 0.2) is 137 Å². The number of amides is 1. The summed E-state index contributed by atoms with van der Waals surface area (Å²) in [6.07, 6.45) is 0.609. The van der Waals surface area contributed by atoms with Crippen LogP contribution in [0, 0.1) is 12.8 Å². The number of H-pyrrole nitrogens is 1. The Balaban J connectivity index is 0.978. The summed E-state index contributed by atoms with van der Waals surface area (Å²) in [6.45, 7) is 6.27. The monoisotopic (exact) mass is 829 g/mol. The van der Waals surface area contributed by atoms with Gasteiger partial charge >= 0.3 is 5.69 Å². The topological polar surface area (TPSA) is 155 Å². The molecule has 3 heterocycles. The SMILES string of the molecule is Cc1ccc(S(=O)(=O)N[C@H](Cc2ccccc2)C(=O)Nc2ccc([C@H]3O[C@@H](CN4CCC(n5c(=O)[nH]c6ccccc65)CC4)[C@@H](C)[C@@H](c4ccc(CO)cc4)O3)cc2)cc1. The summed E-state index contributed by atoms with van der Waals surface area (Å²) < 4.78 is 44.9. The van der Waals surface area contributed by atoms with E-state index in [2.05, 4.69) is 26.8 Å². The number of aromatic nitrogens is 2. The molecule has 60 heavy (non-hydrogen) atoms. The molecule has 4 N–H and O–H groups in total. The molecule has 2 aliphatic heterocycles.